The van der Waals surface area contributed by atoms with Crippen molar-refractivity contribution in [2.75, 3.05) is 19.6 Å². The Balaban J connectivity index is 1.90. The van der Waals surface area contributed by atoms with Crippen LogP contribution in [0.2, 0.25) is 0 Å². The molecular formula is C9H16N4O. The molecule has 78 valence electrons. The highest BCUT2D eigenvalue weighted by Crippen LogP contribution is 2.04. The molecule has 0 bridgehead atoms. The van der Waals surface area contributed by atoms with Gasteiger partial charge in [-0.05, 0) is 6.92 Å². The summed E-state index contributed by atoms with van der Waals surface area (Å²) in [5.41, 5.74) is 0. The van der Waals surface area contributed by atoms with E-state index in [-0.39, 0.29) is 0 Å². The zero-order valence-corrected chi connectivity index (χ0v) is 8.66. The van der Waals surface area contributed by atoms with Crippen LogP contribution in [-0.2, 0) is 6.54 Å². The molecule has 0 radical (unpaired) electrons. The van der Waals surface area contributed by atoms with E-state index in [1.54, 1.807) is 0 Å². The van der Waals surface area contributed by atoms with Crippen molar-refractivity contribution >= 4 is 0 Å². The van der Waals surface area contributed by atoms with E-state index in [9.17, 15) is 0 Å². The fourth-order valence-electron chi connectivity index (χ4n) is 1.76. The van der Waals surface area contributed by atoms with Crippen LogP contribution in [0.25, 0.3) is 0 Å². The molecule has 2 rings (SSSR count). The van der Waals surface area contributed by atoms with Gasteiger partial charge in [-0.1, -0.05) is 5.16 Å². The Hall–Kier alpha value is -0.940. The molecule has 2 heterocycles. The van der Waals surface area contributed by atoms with Crippen LogP contribution in [0.15, 0.2) is 4.52 Å². The van der Waals surface area contributed by atoms with Gasteiger partial charge in [0.2, 0.25) is 5.89 Å². The highest BCUT2D eigenvalue weighted by Gasteiger charge is 2.17. The lowest BCUT2D eigenvalue weighted by Gasteiger charge is -2.30. The maximum Gasteiger partial charge on any atom is 0.223 e. The number of nitrogens with zero attached hydrogens (tertiary/aromatic N) is 3. The fourth-order valence-corrected chi connectivity index (χ4v) is 1.76. The van der Waals surface area contributed by atoms with E-state index in [1.165, 1.54) is 0 Å². The van der Waals surface area contributed by atoms with Crippen LogP contribution in [0.4, 0.5) is 0 Å². The predicted molar refractivity (Wildman–Crippen MR) is 51.8 cm³/mol. The van der Waals surface area contributed by atoms with Crippen molar-refractivity contribution in [2.45, 2.75) is 26.4 Å². The first kappa shape index (κ1) is 9.61. The predicted octanol–water partition coefficient (Wildman–Crippen LogP) is 0.172. The first-order chi connectivity index (χ1) is 6.74. The van der Waals surface area contributed by atoms with Gasteiger partial charge in [0.25, 0.3) is 0 Å². The number of hydrogen-bond donors (Lipinski definition) is 1. The maximum atomic E-state index is 4.93. The van der Waals surface area contributed by atoms with E-state index in [0.29, 0.717) is 11.9 Å². The number of piperazine rings is 1. The summed E-state index contributed by atoms with van der Waals surface area (Å²) < 4.78 is 4.93. The molecule has 1 aliphatic rings. The molecule has 14 heavy (non-hydrogen) atoms. The molecule has 0 aliphatic carbocycles. The normalized spacial score (nSPS) is 24.0. The molecular weight excluding hydrogens is 180 g/mol. The van der Waals surface area contributed by atoms with Gasteiger partial charge in [0.1, 0.15) is 0 Å². The largest absolute Gasteiger partial charge is 0.340 e. The number of rotatable bonds is 2. The van der Waals surface area contributed by atoms with Crippen LogP contribution < -0.4 is 5.32 Å². The minimum Gasteiger partial charge on any atom is -0.340 e. The van der Waals surface area contributed by atoms with Gasteiger partial charge in [0.15, 0.2) is 5.82 Å². The third kappa shape index (κ3) is 2.30. The Morgan fingerprint density at radius 2 is 2.50 bits per heavy atom. The maximum absolute atomic E-state index is 4.93. The summed E-state index contributed by atoms with van der Waals surface area (Å²) in [6.45, 7) is 7.94. The van der Waals surface area contributed by atoms with E-state index < -0.39 is 0 Å². The van der Waals surface area contributed by atoms with Crippen LogP contribution in [-0.4, -0.2) is 40.7 Å². The van der Waals surface area contributed by atoms with E-state index in [1.807, 2.05) is 6.92 Å². The summed E-state index contributed by atoms with van der Waals surface area (Å²) in [5, 5.41) is 7.28. The van der Waals surface area contributed by atoms with Crippen molar-refractivity contribution in [2.24, 2.45) is 0 Å². The highest BCUT2D eigenvalue weighted by atomic mass is 16.5. The Kier molecular flexibility index (Phi) is 2.79. The van der Waals surface area contributed by atoms with E-state index in [4.69, 9.17) is 4.52 Å². The van der Waals surface area contributed by atoms with Gasteiger partial charge in [-0.15, -0.1) is 0 Å². The second-order valence-electron chi connectivity index (χ2n) is 3.82. The molecule has 1 fully saturated rings. The van der Waals surface area contributed by atoms with Crippen LogP contribution >= 0.6 is 0 Å². The van der Waals surface area contributed by atoms with E-state index in [0.717, 1.165) is 32.0 Å². The number of aromatic nitrogens is 2. The van der Waals surface area contributed by atoms with Crippen molar-refractivity contribution in [3.8, 4) is 0 Å². The standard InChI is InChI=1S/C9H16N4O/c1-7-5-13(4-3-10-7)6-9-11-8(2)14-12-9/h7,10H,3-6H2,1-2H3/t7-/m1/s1. The summed E-state index contributed by atoms with van der Waals surface area (Å²) in [5.74, 6) is 1.43. The summed E-state index contributed by atoms with van der Waals surface area (Å²) >= 11 is 0. The van der Waals surface area contributed by atoms with Crippen molar-refractivity contribution in [1.82, 2.24) is 20.4 Å². The molecule has 1 aromatic rings. The second kappa shape index (κ2) is 4.06. The third-order valence-corrected chi connectivity index (χ3v) is 2.39. The summed E-state index contributed by atoms with van der Waals surface area (Å²) in [7, 11) is 0. The van der Waals surface area contributed by atoms with Crippen molar-refractivity contribution in [1.29, 1.82) is 0 Å². The average Bonchev–Trinajstić information content (AvgIpc) is 2.51. The Bertz CT molecular complexity index is 299. The van der Waals surface area contributed by atoms with Gasteiger partial charge in [-0.2, -0.15) is 4.98 Å². The van der Waals surface area contributed by atoms with Crippen LogP contribution in [0, 0.1) is 6.92 Å². The number of nitrogens with one attached hydrogen (secondary N) is 1. The van der Waals surface area contributed by atoms with E-state index in [2.05, 4.69) is 27.3 Å². The molecule has 0 spiro atoms. The van der Waals surface area contributed by atoms with Gasteiger partial charge in [-0.25, -0.2) is 0 Å². The molecule has 0 aromatic carbocycles. The number of aryl methyl sites for hydroxylation is 1. The lowest BCUT2D eigenvalue weighted by atomic mass is 10.2. The monoisotopic (exact) mass is 196 g/mol. The molecule has 1 aliphatic heterocycles. The van der Waals surface area contributed by atoms with Crippen LogP contribution in [0.3, 0.4) is 0 Å². The topological polar surface area (TPSA) is 54.2 Å². The van der Waals surface area contributed by atoms with Gasteiger partial charge >= 0.3 is 0 Å². The molecule has 5 nitrogen and oxygen atoms in total. The lowest BCUT2D eigenvalue weighted by Crippen LogP contribution is -2.48. The summed E-state index contributed by atoms with van der Waals surface area (Å²) in [6, 6.07) is 0.553. The Morgan fingerprint density at radius 3 is 3.14 bits per heavy atom. The Morgan fingerprint density at radius 1 is 1.64 bits per heavy atom. The van der Waals surface area contributed by atoms with Crippen molar-refractivity contribution in [3.05, 3.63) is 11.7 Å². The van der Waals surface area contributed by atoms with E-state index >= 15 is 0 Å². The van der Waals surface area contributed by atoms with Gasteiger partial charge < -0.3 is 9.84 Å². The smallest absolute Gasteiger partial charge is 0.223 e. The van der Waals surface area contributed by atoms with Crippen LogP contribution in [0.5, 0.6) is 0 Å². The molecule has 0 amide bonds. The highest BCUT2D eigenvalue weighted by molar-refractivity contribution is 4.86. The second-order valence-corrected chi connectivity index (χ2v) is 3.82. The zero-order chi connectivity index (χ0) is 9.97. The first-order valence-electron chi connectivity index (χ1n) is 4.99. The SMILES string of the molecule is Cc1nc(CN2CCN[C@H](C)C2)no1. The molecule has 0 unspecified atom stereocenters. The number of hydrogen-bond acceptors (Lipinski definition) is 5. The first-order valence-corrected chi connectivity index (χ1v) is 4.99. The molecule has 0 saturated carbocycles. The molecule has 5 heteroatoms. The summed E-state index contributed by atoms with van der Waals surface area (Å²) in [6.07, 6.45) is 0. The molecule has 1 N–H and O–H groups in total. The lowest BCUT2D eigenvalue weighted by molar-refractivity contribution is 0.193. The van der Waals surface area contributed by atoms with Crippen molar-refractivity contribution < 1.29 is 4.52 Å². The van der Waals surface area contributed by atoms with Crippen LogP contribution in [0.1, 0.15) is 18.6 Å². The Labute approximate surface area is 83.5 Å². The third-order valence-electron chi connectivity index (χ3n) is 2.39. The minimum absolute atomic E-state index is 0.553. The molecule has 1 aromatic heterocycles. The fraction of sp³-hybridized carbons (Fsp3) is 0.778. The summed E-state index contributed by atoms with van der Waals surface area (Å²) in [4.78, 5) is 6.53. The average molecular weight is 196 g/mol. The van der Waals surface area contributed by atoms with Crippen molar-refractivity contribution in [3.63, 3.8) is 0 Å². The quantitative estimate of drug-likeness (QED) is 0.731. The molecule has 1 atom stereocenters. The van der Waals surface area contributed by atoms with Gasteiger partial charge in [-0.3, -0.25) is 4.90 Å². The minimum atomic E-state index is 0.553. The van der Waals surface area contributed by atoms with Gasteiger partial charge in [0.05, 0.1) is 6.54 Å². The zero-order valence-electron chi connectivity index (χ0n) is 8.66. The molecule has 1 saturated heterocycles. The van der Waals surface area contributed by atoms with Gasteiger partial charge in [0, 0.05) is 32.6 Å².